The summed E-state index contributed by atoms with van der Waals surface area (Å²) in [6, 6.07) is 16.9. The number of hydrogen-bond donors (Lipinski definition) is 1. The fraction of sp³-hybridized carbons (Fsp3) is 0.0426. The van der Waals surface area contributed by atoms with Crippen LogP contribution in [0.25, 0.3) is 66.1 Å². The number of benzene rings is 8. The molecule has 0 spiro atoms. The van der Waals surface area contributed by atoms with Crippen molar-refractivity contribution < 1.29 is 82.8 Å². The second kappa shape index (κ2) is 13.7. The van der Waals surface area contributed by atoms with Crippen molar-refractivity contribution in [1.29, 1.82) is 0 Å². The Morgan fingerprint density at radius 3 is 1.18 bits per heavy atom. The summed E-state index contributed by atoms with van der Waals surface area (Å²) in [5, 5.41) is 14.2. The van der Waals surface area contributed by atoms with Crippen LogP contribution in [0.15, 0.2) is 164 Å². The first kappa shape index (κ1) is 53.1. The minimum atomic E-state index is -11.6. The van der Waals surface area contributed by atoms with Crippen LogP contribution in [-0.4, -0.2) is 11.3 Å². The average Bonchev–Trinajstić information content (AvgIpc) is 3.21. The SMILES string of the molecule is Cc1cc(-c2cc(-c3cc(C)cc(S(F)(F)(F)(F)F)c3)c(N=Cc3cccc(-c4c5ccccc5cc5ccccc45)c3O)c(-c3cc(S(F)(F)(F)(F)F)cc(S(F)(F)(F)(F)F)c3)c2)cc(S(F)(F)(F)(F)F)c1. The number of phenols is 1. The molecule has 0 unspecified atom stereocenters. The van der Waals surface area contributed by atoms with E-state index in [2.05, 4.69) is 4.99 Å². The molecule has 0 radical (unpaired) electrons. The van der Waals surface area contributed by atoms with Gasteiger partial charge in [0.25, 0.3) is 0 Å². The van der Waals surface area contributed by atoms with E-state index >= 15 is 0 Å². The summed E-state index contributed by atoms with van der Waals surface area (Å²) in [4.78, 5) is -8.65. The maximum atomic E-state index is 14.6. The predicted molar refractivity (Wildman–Crippen MR) is 254 cm³/mol. The number of nitrogens with zero attached hydrogens (tertiary/aromatic N) is 1. The largest absolute Gasteiger partial charge is 0.507 e. The molecule has 0 saturated carbocycles. The van der Waals surface area contributed by atoms with Gasteiger partial charge in [0, 0.05) is 34.0 Å². The van der Waals surface area contributed by atoms with Crippen molar-refractivity contribution in [3.63, 3.8) is 0 Å². The number of aliphatic imine (C=N–C) groups is 1. The summed E-state index contributed by atoms with van der Waals surface area (Å²) in [7, 11) is -44.7. The topological polar surface area (TPSA) is 32.6 Å². The van der Waals surface area contributed by atoms with Crippen LogP contribution >= 0.6 is 40.9 Å². The van der Waals surface area contributed by atoms with Crippen molar-refractivity contribution in [3.8, 4) is 50.3 Å². The van der Waals surface area contributed by atoms with Crippen LogP contribution in [0.3, 0.4) is 0 Å². The highest BCUT2D eigenvalue weighted by Crippen LogP contribution is 3.06. The summed E-state index contributed by atoms with van der Waals surface area (Å²) in [6.07, 6.45) is 0.563. The zero-order valence-electron chi connectivity index (χ0n) is 36.4. The van der Waals surface area contributed by atoms with Crippen molar-refractivity contribution in [3.05, 3.63) is 156 Å². The van der Waals surface area contributed by atoms with Crippen LogP contribution < -0.4 is 0 Å². The third-order valence-electron chi connectivity index (χ3n) is 11.3. The lowest BCUT2D eigenvalue weighted by Crippen LogP contribution is -2.11. The molecule has 0 aliphatic rings. The van der Waals surface area contributed by atoms with E-state index < -0.39 is 140 Å². The lowest BCUT2D eigenvalue weighted by molar-refractivity contribution is 0.356. The van der Waals surface area contributed by atoms with Crippen LogP contribution in [0.2, 0.25) is 0 Å². The number of phenolic OH excluding ortho intramolecular Hbond substituents is 1. The molecule has 0 atom stereocenters. The summed E-state index contributed by atoms with van der Waals surface area (Å²) in [5.41, 5.74) is -10.9. The first-order valence-electron chi connectivity index (χ1n) is 20.2. The van der Waals surface area contributed by atoms with Crippen molar-refractivity contribution >= 4 is 74.3 Å². The van der Waals surface area contributed by atoms with Gasteiger partial charge in [-0.15, -0.1) is 0 Å². The van der Waals surface area contributed by atoms with E-state index in [0.29, 0.717) is 51.5 Å². The Kier molecular flexibility index (Phi) is 9.97. The third-order valence-corrected chi connectivity index (χ3v) is 15.8. The van der Waals surface area contributed by atoms with Crippen molar-refractivity contribution in [1.82, 2.24) is 0 Å². The lowest BCUT2D eigenvalue weighted by Gasteiger charge is -2.44. The second-order valence-corrected chi connectivity index (χ2v) is 26.9. The first-order chi connectivity index (χ1) is 32.4. The highest BCUT2D eigenvalue weighted by molar-refractivity contribution is 8.47. The molecule has 0 fully saturated rings. The molecule has 0 amide bonds. The number of hydrogen-bond acceptors (Lipinski definition) is 2. The monoisotopic (exact) mass is 1130 g/mol. The van der Waals surface area contributed by atoms with Gasteiger partial charge >= 0.3 is 40.9 Å². The van der Waals surface area contributed by atoms with E-state index in [1.165, 1.54) is 12.1 Å². The molecule has 1 N–H and O–H groups in total. The van der Waals surface area contributed by atoms with Crippen LogP contribution in [0.4, 0.5) is 83.4 Å². The molecule has 0 aliphatic heterocycles. The van der Waals surface area contributed by atoms with Crippen LogP contribution in [0, 0.1) is 13.8 Å². The molecule has 0 aromatic heterocycles. The number of fused-ring (bicyclic) bond motifs is 2. The van der Waals surface area contributed by atoms with E-state index in [1.54, 1.807) is 54.6 Å². The Morgan fingerprint density at radius 2 is 0.740 bits per heavy atom. The van der Waals surface area contributed by atoms with E-state index in [4.69, 9.17) is 0 Å². The smallest absolute Gasteiger partial charge is 0.310 e. The van der Waals surface area contributed by atoms with E-state index in [9.17, 15) is 82.8 Å². The molecule has 2 nitrogen and oxygen atoms in total. The number of rotatable bonds is 10. The predicted octanol–water partition coefficient (Wildman–Crippen LogP) is 23.4. The number of halogens is 20. The summed E-state index contributed by atoms with van der Waals surface area (Å²) in [6.45, 7) is 1.57. The molecule has 0 bridgehead atoms. The van der Waals surface area contributed by atoms with Crippen molar-refractivity contribution in [2.24, 2.45) is 4.99 Å². The van der Waals surface area contributed by atoms with Gasteiger partial charge < -0.3 is 5.11 Å². The minimum Gasteiger partial charge on any atom is -0.507 e. The van der Waals surface area contributed by atoms with Crippen LogP contribution in [0.1, 0.15) is 16.7 Å². The lowest BCUT2D eigenvalue weighted by atomic mass is 9.90. The fourth-order valence-corrected chi connectivity index (χ4v) is 11.1. The van der Waals surface area contributed by atoms with E-state index in [0.717, 1.165) is 19.9 Å². The Balaban J connectivity index is 1.55. The van der Waals surface area contributed by atoms with Gasteiger partial charge in [-0.05, 0) is 136 Å². The number of aryl methyl sites for hydroxylation is 2. The molecule has 0 heterocycles. The summed E-state index contributed by atoms with van der Waals surface area (Å²) < 4.78 is 290. The second-order valence-electron chi connectivity index (χ2n) is 17.3. The molecule has 0 aliphatic carbocycles. The standard InChI is InChI=1S/C47H31F20NOS4/c1-27-14-32(19-36(16-27)70(48,49,50,51)52)33-23-43(34-15-28(2)17-37(20-34)71(53,54,55,56)57)46(44(24-33)35-21-38(72(58,59,60,61)62)25-39(22-35)73(63,64,65,66)67)68-26-31-10-7-13-42(47(31)69)45-40-11-5-3-8-29(40)18-30-9-4-6-12-41(30)45/h3-26,69H,1-2H3. The van der Waals surface area contributed by atoms with Crippen LogP contribution in [0.5, 0.6) is 5.75 Å². The molecular weight excluding hydrogens is 1100 g/mol. The fourth-order valence-electron chi connectivity index (χ4n) is 8.12. The van der Waals surface area contributed by atoms with Gasteiger partial charge in [0.15, 0.2) is 0 Å². The zero-order chi connectivity index (χ0) is 54.4. The maximum absolute atomic E-state index is 14.6. The molecule has 394 valence electrons. The minimum absolute atomic E-state index is 0.00950. The first-order valence-corrected chi connectivity index (χ1v) is 28.0. The third kappa shape index (κ3) is 11.2. The summed E-state index contributed by atoms with van der Waals surface area (Å²) in [5.74, 6) is -0.708. The molecule has 0 saturated heterocycles. The zero-order valence-corrected chi connectivity index (χ0v) is 39.7. The average molecular weight is 1130 g/mol. The number of aromatic hydroxyl groups is 1. The molecule has 8 rings (SSSR count). The van der Waals surface area contributed by atoms with E-state index in [1.807, 2.05) is 0 Å². The molecule has 26 heteroatoms. The van der Waals surface area contributed by atoms with Gasteiger partial charge in [0.05, 0.1) is 5.69 Å². The molecule has 73 heavy (non-hydrogen) atoms. The van der Waals surface area contributed by atoms with Gasteiger partial charge in [-0.2, -0.15) is 0 Å². The van der Waals surface area contributed by atoms with Gasteiger partial charge in [-0.1, -0.05) is 151 Å². The quantitative estimate of drug-likeness (QED) is 0.0826. The van der Waals surface area contributed by atoms with Crippen molar-refractivity contribution in [2.45, 2.75) is 33.4 Å². The molecular formula is C47H31F20NOS4. The maximum Gasteiger partial charge on any atom is 0.310 e. The Morgan fingerprint density at radius 1 is 0.370 bits per heavy atom. The molecule has 8 aromatic rings. The van der Waals surface area contributed by atoms with Gasteiger partial charge in [0.1, 0.15) is 25.3 Å². The Labute approximate surface area is 400 Å². The van der Waals surface area contributed by atoms with Gasteiger partial charge in [0.2, 0.25) is 0 Å². The normalized spacial score (nSPS) is 17.0. The highest BCUT2D eigenvalue weighted by atomic mass is 32.5. The summed E-state index contributed by atoms with van der Waals surface area (Å²) >= 11 is 0. The highest BCUT2D eigenvalue weighted by Gasteiger charge is 2.70. The Bertz CT molecular complexity index is 3650. The van der Waals surface area contributed by atoms with Crippen molar-refractivity contribution in [2.75, 3.05) is 0 Å². The van der Waals surface area contributed by atoms with Crippen LogP contribution in [-0.2, 0) is 0 Å². The van der Waals surface area contributed by atoms with Gasteiger partial charge in [-0.25, -0.2) is 0 Å². The molecule has 8 aromatic carbocycles. The van der Waals surface area contributed by atoms with E-state index in [-0.39, 0.29) is 35.9 Å². The number of para-hydroxylation sites is 1. The Hall–Kier alpha value is -6.25. The van der Waals surface area contributed by atoms with Gasteiger partial charge in [-0.3, -0.25) is 4.99 Å².